The average molecular weight is 301 g/mol. The quantitative estimate of drug-likeness (QED) is 0.555. The van der Waals surface area contributed by atoms with Crippen molar-refractivity contribution in [2.45, 2.75) is 45.6 Å². The first-order valence-electron chi connectivity index (χ1n) is 8.12. The van der Waals surface area contributed by atoms with Crippen LogP contribution in [0.25, 0.3) is 0 Å². The van der Waals surface area contributed by atoms with Gasteiger partial charge in [0.2, 0.25) is 0 Å². The Morgan fingerprint density at radius 2 is 1.81 bits per heavy atom. The molecule has 0 bridgehead atoms. The van der Waals surface area contributed by atoms with Gasteiger partial charge in [-0.3, -0.25) is 4.79 Å². The summed E-state index contributed by atoms with van der Waals surface area (Å²) in [6, 6.07) is 0. The maximum atomic E-state index is 12.0. The molecule has 0 aromatic rings. The Hall–Kier alpha value is -0.650. The first-order valence-corrected chi connectivity index (χ1v) is 8.12. The molecule has 0 aromatic carbocycles. The fourth-order valence-electron chi connectivity index (χ4n) is 2.27. The Bertz CT molecular complexity index is 285. The monoisotopic (exact) mass is 301 g/mol. The van der Waals surface area contributed by atoms with E-state index >= 15 is 0 Å². The Labute approximate surface area is 131 Å². The first kappa shape index (κ1) is 20.3. The number of rotatable bonds is 12. The van der Waals surface area contributed by atoms with Gasteiger partial charge < -0.3 is 19.9 Å². The van der Waals surface area contributed by atoms with E-state index in [1.165, 1.54) is 0 Å². The van der Waals surface area contributed by atoms with Crippen molar-refractivity contribution in [2.24, 2.45) is 0 Å². The molecule has 0 rings (SSSR count). The van der Waals surface area contributed by atoms with Gasteiger partial charge in [-0.05, 0) is 67.3 Å². The fourth-order valence-corrected chi connectivity index (χ4v) is 2.27. The zero-order chi connectivity index (χ0) is 16.3. The third-order valence-electron chi connectivity index (χ3n) is 3.83. The number of hydrogen-bond acceptors (Lipinski definition) is 5. The Balaban J connectivity index is 4.28. The van der Waals surface area contributed by atoms with E-state index in [0.29, 0.717) is 6.61 Å². The molecule has 0 aliphatic rings. The summed E-state index contributed by atoms with van der Waals surface area (Å²) in [5, 5.41) is 3.12. The van der Waals surface area contributed by atoms with Gasteiger partial charge in [0.05, 0.1) is 6.61 Å². The molecule has 0 saturated heterocycles. The Morgan fingerprint density at radius 3 is 2.29 bits per heavy atom. The van der Waals surface area contributed by atoms with Gasteiger partial charge in [-0.15, -0.1) is 0 Å². The number of nitrogens with zero attached hydrogens (tertiary/aromatic N) is 2. The van der Waals surface area contributed by atoms with Crippen molar-refractivity contribution in [3.8, 4) is 0 Å². The lowest BCUT2D eigenvalue weighted by molar-refractivity contribution is -0.150. The van der Waals surface area contributed by atoms with Gasteiger partial charge in [0.25, 0.3) is 0 Å². The summed E-state index contributed by atoms with van der Waals surface area (Å²) in [4.78, 5) is 16.7. The Morgan fingerprint density at radius 1 is 1.14 bits per heavy atom. The number of esters is 1. The van der Waals surface area contributed by atoms with Crippen LogP contribution in [0, 0.1) is 0 Å². The molecule has 0 fully saturated rings. The van der Waals surface area contributed by atoms with Gasteiger partial charge in [-0.25, -0.2) is 0 Å². The minimum atomic E-state index is -0.574. The highest BCUT2D eigenvalue weighted by Crippen LogP contribution is 2.15. The van der Waals surface area contributed by atoms with Gasteiger partial charge in [-0.2, -0.15) is 0 Å². The molecule has 1 atom stereocenters. The van der Waals surface area contributed by atoms with Crippen molar-refractivity contribution < 1.29 is 9.53 Å². The maximum absolute atomic E-state index is 12.0. The summed E-state index contributed by atoms with van der Waals surface area (Å²) in [6.07, 6.45) is 2.95. The van der Waals surface area contributed by atoms with Crippen LogP contribution in [0.2, 0.25) is 0 Å². The number of likely N-dealkylation sites (N-methyl/N-ethyl adjacent to an activating group) is 2. The van der Waals surface area contributed by atoms with Crippen LogP contribution in [0.15, 0.2) is 0 Å². The molecule has 0 amide bonds. The van der Waals surface area contributed by atoms with Crippen LogP contribution in [0.3, 0.4) is 0 Å². The van der Waals surface area contributed by atoms with Crippen LogP contribution in [-0.2, 0) is 9.53 Å². The molecule has 0 heterocycles. The molecular weight excluding hydrogens is 266 g/mol. The van der Waals surface area contributed by atoms with Crippen LogP contribution >= 0.6 is 0 Å². The summed E-state index contributed by atoms with van der Waals surface area (Å²) in [7, 11) is 6.03. The highest BCUT2D eigenvalue weighted by molar-refractivity contribution is 5.80. The standard InChI is InChI=1S/C16H35N3O2/c1-7-11-19(14-13-18(5)6)12-9-10-16(3,17-4)15(20)21-8-2/h17H,7-14H2,1-6H3. The first-order chi connectivity index (χ1) is 9.89. The van der Waals surface area contributed by atoms with E-state index in [-0.39, 0.29) is 5.97 Å². The number of carbonyl (C=O) groups is 1. The molecule has 5 heteroatoms. The maximum Gasteiger partial charge on any atom is 0.326 e. The summed E-state index contributed by atoms with van der Waals surface area (Å²) in [5.41, 5.74) is -0.574. The molecule has 126 valence electrons. The molecule has 0 saturated carbocycles. The van der Waals surface area contributed by atoms with Crippen LogP contribution < -0.4 is 5.32 Å². The van der Waals surface area contributed by atoms with E-state index in [9.17, 15) is 4.79 Å². The topological polar surface area (TPSA) is 44.8 Å². The van der Waals surface area contributed by atoms with Gasteiger partial charge in [0.1, 0.15) is 5.54 Å². The van der Waals surface area contributed by atoms with Gasteiger partial charge in [-0.1, -0.05) is 6.92 Å². The van der Waals surface area contributed by atoms with Crippen molar-refractivity contribution in [3.05, 3.63) is 0 Å². The van der Waals surface area contributed by atoms with Crippen molar-refractivity contribution in [1.82, 2.24) is 15.1 Å². The number of nitrogens with one attached hydrogen (secondary N) is 1. The smallest absolute Gasteiger partial charge is 0.326 e. The van der Waals surface area contributed by atoms with Gasteiger partial charge in [0, 0.05) is 13.1 Å². The molecule has 5 nitrogen and oxygen atoms in total. The summed E-state index contributed by atoms with van der Waals surface area (Å²) in [6.45, 7) is 10.7. The SMILES string of the molecule is CCCN(CCCC(C)(NC)C(=O)OCC)CCN(C)C. The summed E-state index contributed by atoms with van der Waals surface area (Å²) < 4.78 is 5.16. The highest BCUT2D eigenvalue weighted by atomic mass is 16.5. The van der Waals surface area contributed by atoms with Crippen LogP contribution in [-0.4, -0.2) is 75.2 Å². The normalized spacial score (nSPS) is 14.5. The number of carbonyl (C=O) groups excluding carboxylic acids is 1. The molecule has 0 aromatic heterocycles. The third kappa shape index (κ3) is 8.39. The average Bonchev–Trinajstić information content (AvgIpc) is 2.44. The van der Waals surface area contributed by atoms with E-state index < -0.39 is 5.54 Å². The summed E-state index contributed by atoms with van der Waals surface area (Å²) >= 11 is 0. The zero-order valence-corrected chi connectivity index (χ0v) is 14.9. The predicted molar refractivity (Wildman–Crippen MR) is 88.6 cm³/mol. The van der Waals surface area contributed by atoms with Crippen molar-refractivity contribution in [1.29, 1.82) is 0 Å². The lowest BCUT2D eigenvalue weighted by Gasteiger charge is -2.29. The fraction of sp³-hybridized carbons (Fsp3) is 0.938. The second-order valence-electron chi connectivity index (χ2n) is 6.05. The van der Waals surface area contributed by atoms with E-state index in [0.717, 1.165) is 45.4 Å². The number of ether oxygens (including phenoxy) is 1. The molecule has 0 aliphatic carbocycles. The van der Waals surface area contributed by atoms with Gasteiger partial charge in [0.15, 0.2) is 0 Å². The van der Waals surface area contributed by atoms with Crippen LogP contribution in [0.4, 0.5) is 0 Å². The minimum absolute atomic E-state index is 0.150. The molecule has 0 radical (unpaired) electrons. The van der Waals surface area contributed by atoms with E-state index in [1.54, 1.807) is 0 Å². The molecule has 21 heavy (non-hydrogen) atoms. The Kier molecular flexibility index (Phi) is 10.6. The van der Waals surface area contributed by atoms with Crippen molar-refractivity contribution in [3.63, 3.8) is 0 Å². The molecule has 1 N–H and O–H groups in total. The largest absolute Gasteiger partial charge is 0.465 e. The molecular formula is C16H35N3O2. The molecule has 0 spiro atoms. The second-order valence-corrected chi connectivity index (χ2v) is 6.05. The third-order valence-corrected chi connectivity index (χ3v) is 3.83. The lowest BCUT2D eigenvalue weighted by atomic mass is 9.96. The second kappa shape index (κ2) is 11.0. The lowest BCUT2D eigenvalue weighted by Crippen LogP contribution is -2.49. The van der Waals surface area contributed by atoms with E-state index in [1.807, 2.05) is 20.9 Å². The van der Waals surface area contributed by atoms with Crippen LogP contribution in [0.1, 0.15) is 40.0 Å². The van der Waals surface area contributed by atoms with E-state index in [4.69, 9.17) is 4.74 Å². The van der Waals surface area contributed by atoms with E-state index in [2.05, 4.69) is 36.1 Å². The van der Waals surface area contributed by atoms with Crippen molar-refractivity contribution >= 4 is 5.97 Å². The number of hydrogen-bond donors (Lipinski definition) is 1. The van der Waals surface area contributed by atoms with Gasteiger partial charge >= 0.3 is 5.97 Å². The zero-order valence-electron chi connectivity index (χ0n) is 14.9. The minimum Gasteiger partial charge on any atom is -0.465 e. The van der Waals surface area contributed by atoms with Crippen LogP contribution in [0.5, 0.6) is 0 Å². The summed E-state index contributed by atoms with van der Waals surface area (Å²) in [5.74, 6) is -0.150. The van der Waals surface area contributed by atoms with Crippen molar-refractivity contribution in [2.75, 3.05) is 53.9 Å². The molecule has 1 unspecified atom stereocenters. The highest BCUT2D eigenvalue weighted by Gasteiger charge is 2.32. The predicted octanol–water partition coefficient (Wildman–Crippen LogP) is 1.58. The molecule has 0 aliphatic heterocycles.